The van der Waals surface area contributed by atoms with E-state index >= 15 is 0 Å². The van der Waals surface area contributed by atoms with Crippen LogP contribution < -0.4 is 24.4 Å². The fraction of sp³-hybridized carbons (Fsp3) is 0.158. The predicted octanol–water partition coefficient (Wildman–Crippen LogP) is 2.94. The number of amides is 1. The summed E-state index contributed by atoms with van der Waals surface area (Å²) in [5.74, 6) is 1.94. The third-order valence-electron chi connectivity index (χ3n) is 4.05. The second-order valence-corrected chi connectivity index (χ2v) is 5.64. The van der Waals surface area contributed by atoms with E-state index in [4.69, 9.17) is 23.4 Å². The fourth-order valence-electron chi connectivity index (χ4n) is 2.74. The van der Waals surface area contributed by atoms with E-state index in [1.165, 1.54) is 13.3 Å². The molecule has 0 spiro atoms. The number of hydrogen-bond acceptors (Lipinski definition) is 7. The largest absolute Gasteiger partial charge is 0.496 e. The van der Waals surface area contributed by atoms with E-state index in [0.717, 1.165) is 5.39 Å². The smallest absolute Gasteiger partial charge is 0.307 e. The van der Waals surface area contributed by atoms with Crippen LogP contribution >= 0.6 is 0 Å². The number of ether oxygens (including phenoxy) is 4. The van der Waals surface area contributed by atoms with E-state index in [-0.39, 0.29) is 12.6 Å². The SMILES string of the molecule is COc1cc2c(cc1C=NNC(=O)c1cc3cccc(OC)c3o1)OCO2. The lowest BCUT2D eigenvalue weighted by Gasteiger charge is -2.06. The Morgan fingerprint density at radius 3 is 2.67 bits per heavy atom. The Kier molecular flexibility index (Phi) is 4.29. The molecule has 0 saturated carbocycles. The van der Waals surface area contributed by atoms with Crippen molar-refractivity contribution in [2.45, 2.75) is 0 Å². The summed E-state index contributed by atoms with van der Waals surface area (Å²) in [5, 5.41) is 4.74. The number of hydrazone groups is 1. The lowest BCUT2D eigenvalue weighted by atomic mass is 10.2. The minimum absolute atomic E-state index is 0.129. The summed E-state index contributed by atoms with van der Waals surface area (Å²) in [6, 6.07) is 10.5. The van der Waals surface area contributed by atoms with Crippen molar-refractivity contribution in [2.24, 2.45) is 5.10 Å². The van der Waals surface area contributed by atoms with Crippen LogP contribution in [0, 0.1) is 0 Å². The molecule has 138 valence electrons. The number of nitrogens with zero attached hydrogens (tertiary/aromatic N) is 1. The second-order valence-electron chi connectivity index (χ2n) is 5.64. The minimum atomic E-state index is -0.482. The summed E-state index contributed by atoms with van der Waals surface area (Å²) in [4.78, 5) is 12.3. The van der Waals surface area contributed by atoms with E-state index in [2.05, 4.69) is 10.5 Å². The summed E-state index contributed by atoms with van der Waals surface area (Å²) in [6.07, 6.45) is 1.46. The Morgan fingerprint density at radius 2 is 1.89 bits per heavy atom. The molecule has 1 aromatic heterocycles. The van der Waals surface area contributed by atoms with Gasteiger partial charge in [-0.1, -0.05) is 12.1 Å². The first-order valence-electron chi connectivity index (χ1n) is 8.07. The van der Waals surface area contributed by atoms with Crippen LogP contribution in [0.3, 0.4) is 0 Å². The van der Waals surface area contributed by atoms with Crippen molar-refractivity contribution in [1.29, 1.82) is 0 Å². The van der Waals surface area contributed by atoms with Crippen LogP contribution in [0.2, 0.25) is 0 Å². The van der Waals surface area contributed by atoms with Gasteiger partial charge in [0.25, 0.3) is 0 Å². The van der Waals surface area contributed by atoms with Gasteiger partial charge in [0.2, 0.25) is 6.79 Å². The van der Waals surface area contributed by atoms with Crippen molar-refractivity contribution in [1.82, 2.24) is 5.43 Å². The summed E-state index contributed by atoms with van der Waals surface area (Å²) in [5.41, 5.74) is 3.57. The number of furan rings is 1. The number of hydrogen-bond donors (Lipinski definition) is 1. The highest BCUT2D eigenvalue weighted by molar-refractivity contribution is 5.97. The van der Waals surface area contributed by atoms with Crippen molar-refractivity contribution < 1.29 is 28.2 Å². The maximum atomic E-state index is 12.3. The highest BCUT2D eigenvalue weighted by atomic mass is 16.7. The van der Waals surface area contributed by atoms with E-state index in [9.17, 15) is 4.79 Å². The third-order valence-corrected chi connectivity index (χ3v) is 4.05. The number of para-hydroxylation sites is 1. The molecule has 3 aromatic rings. The van der Waals surface area contributed by atoms with E-state index in [1.54, 1.807) is 31.4 Å². The van der Waals surface area contributed by atoms with Crippen molar-refractivity contribution in [3.63, 3.8) is 0 Å². The van der Waals surface area contributed by atoms with Gasteiger partial charge in [0.1, 0.15) is 5.75 Å². The zero-order valence-electron chi connectivity index (χ0n) is 14.6. The maximum absolute atomic E-state index is 12.3. The molecular formula is C19H16N2O6. The Hall–Kier alpha value is -3.68. The van der Waals surface area contributed by atoms with Crippen LogP contribution in [-0.2, 0) is 0 Å². The minimum Gasteiger partial charge on any atom is -0.496 e. The van der Waals surface area contributed by atoms with Gasteiger partial charge in [-0.25, -0.2) is 5.43 Å². The normalized spacial score (nSPS) is 12.5. The highest BCUT2D eigenvalue weighted by Gasteiger charge is 2.17. The monoisotopic (exact) mass is 368 g/mol. The average Bonchev–Trinajstić information content (AvgIpc) is 3.33. The van der Waals surface area contributed by atoms with Crippen molar-refractivity contribution in [2.75, 3.05) is 21.0 Å². The number of nitrogens with one attached hydrogen (secondary N) is 1. The first-order chi connectivity index (χ1) is 13.2. The quantitative estimate of drug-likeness (QED) is 0.550. The molecule has 1 aliphatic rings. The van der Waals surface area contributed by atoms with Gasteiger partial charge in [0, 0.05) is 17.0 Å². The zero-order valence-corrected chi connectivity index (χ0v) is 14.6. The van der Waals surface area contributed by atoms with Gasteiger partial charge in [-0.05, 0) is 18.2 Å². The van der Waals surface area contributed by atoms with E-state index in [1.807, 2.05) is 12.1 Å². The van der Waals surface area contributed by atoms with E-state index < -0.39 is 5.91 Å². The number of carbonyl (C=O) groups is 1. The highest BCUT2D eigenvalue weighted by Crippen LogP contribution is 2.37. The number of carbonyl (C=O) groups excluding carboxylic acids is 1. The summed E-state index contributed by atoms with van der Waals surface area (Å²) in [6.45, 7) is 0.158. The van der Waals surface area contributed by atoms with E-state index in [0.29, 0.717) is 34.1 Å². The molecule has 0 radical (unpaired) electrons. The lowest BCUT2D eigenvalue weighted by Crippen LogP contribution is -2.16. The summed E-state index contributed by atoms with van der Waals surface area (Å²) < 4.78 is 26.8. The fourth-order valence-corrected chi connectivity index (χ4v) is 2.74. The van der Waals surface area contributed by atoms with Crippen LogP contribution in [0.1, 0.15) is 16.1 Å². The Labute approximate surface area is 154 Å². The zero-order chi connectivity index (χ0) is 18.8. The number of fused-ring (bicyclic) bond motifs is 2. The van der Waals surface area contributed by atoms with Crippen molar-refractivity contribution in [3.05, 3.63) is 47.7 Å². The molecule has 8 nitrogen and oxygen atoms in total. The van der Waals surface area contributed by atoms with Crippen LogP contribution in [0.15, 0.2) is 45.9 Å². The molecule has 4 rings (SSSR count). The topological polar surface area (TPSA) is 91.5 Å². The molecule has 0 saturated heterocycles. The van der Waals surface area contributed by atoms with Gasteiger partial charge in [0.15, 0.2) is 28.6 Å². The number of rotatable bonds is 5. The molecule has 2 heterocycles. The molecule has 0 unspecified atom stereocenters. The Balaban J connectivity index is 1.53. The molecule has 1 amide bonds. The number of benzene rings is 2. The second kappa shape index (κ2) is 6.91. The first kappa shape index (κ1) is 16.8. The van der Waals surface area contributed by atoms with Crippen molar-refractivity contribution >= 4 is 23.1 Å². The summed E-state index contributed by atoms with van der Waals surface area (Å²) in [7, 11) is 3.08. The average molecular weight is 368 g/mol. The molecule has 0 bridgehead atoms. The molecule has 0 aliphatic carbocycles. The third kappa shape index (κ3) is 3.12. The van der Waals surface area contributed by atoms with Gasteiger partial charge in [-0.15, -0.1) is 0 Å². The molecule has 0 fully saturated rings. The lowest BCUT2D eigenvalue weighted by molar-refractivity contribution is 0.0929. The molecule has 1 aliphatic heterocycles. The van der Waals surface area contributed by atoms with Gasteiger partial charge < -0.3 is 23.4 Å². The molecule has 27 heavy (non-hydrogen) atoms. The first-order valence-corrected chi connectivity index (χ1v) is 8.07. The van der Waals surface area contributed by atoms with Crippen LogP contribution in [-0.4, -0.2) is 33.1 Å². The summed E-state index contributed by atoms with van der Waals surface area (Å²) >= 11 is 0. The molecular weight excluding hydrogens is 352 g/mol. The predicted molar refractivity (Wildman–Crippen MR) is 96.9 cm³/mol. The standard InChI is InChI=1S/C19H16N2O6/c1-23-13-5-3-4-11-6-17(27-18(11)13)19(22)21-20-9-12-7-15-16(26-10-25-15)8-14(12)24-2/h3-9H,10H2,1-2H3,(H,21,22). The molecule has 0 atom stereocenters. The van der Waals surface area contributed by atoms with Gasteiger partial charge in [-0.3, -0.25) is 4.79 Å². The maximum Gasteiger partial charge on any atom is 0.307 e. The number of methoxy groups -OCH3 is 2. The molecule has 2 aromatic carbocycles. The van der Waals surface area contributed by atoms with Crippen molar-refractivity contribution in [3.8, 4) is 23.0 Å². The van der Waals surface area contributed by atoms with Crippen LogP contribution in [0.25, 0.3) is 11.0 Å². The van der Waals surface area contributed by atoms with Crippen LogP contribution in [0.5, 0.6) is 23.0 Å². The van der Waals surface area contributed by atoms with Gasteiger partial charge in [0.05, 0.1) is 20.4 Å². The van der Waals surface area contributed by atoms with Gasteiger partial charge in [-0.2, -0.15) is 5.10 Å². The Morgan fingerprint density at radius 1 is 1.11 bits per heavy atom. The Bertz CT molecular complexity index is 1040. The van der Waals surface area contributed by atoms with Crippen LogP contribution in [0.4, 0.5) is 0 Å². The molecule has 8 heteroatoms. The van der Waals surface area contributed by atoms with Gasteiger partial charge >= 0.3 is 5.91 Å². The molecule has 1 N–H and O–H groups in total.